The zero-order chi connectivity index (χ0) is 14.0. The molecular weight excluding hydrogens is 379 g/mol. The van der Waals surface area contributed by atoms with Gasteiger partial charge in [0.15, 0.2) is 0 Å². The Balaban J connectivity index is 2.20. The number of carbonyl (C=O) groups excluding carboxylic acids is 1. The van der Waals surface area contributed by atoms with Gasteiger partial charge < -0.3 is 5.32 Å². The predicted molar refractivity (Wildman–Crippen MR) is 78.7 cm³/mol. The molecule has 6 heteroatoms. The van der Waals surface area contributed by atoms with Crippen LogP contribution in [0.4, 0.5) is 10.2 Å². The lowest BCUT2D eigenvalue weighted by Gasteiger charge is -2.06. The van der Waals surface area contributed by atoms with Gasteiger partial charge in [0.25, 0.3) is 5.91 Å². The maximum Gasteiger partial charge on any atom is 0.256 e. The van der Waals surface area contributed by atoms with Crippen molar-refractivity contribution in [1.29, 1.82) is 0 Å². The van der Waals surface area contributed by atoms with Crippen LogP contribution in [0.5, 0.6) is 0 Å². The Labute approximate surface area is 126 Å². The second-order valence-electron chi connectivity index (χ2n) is 3.90. The molecule has 0 unspecified atom stereocenters. The van der Waals surface area contributed by atoms with Crippen LogP contribution in [-0.2, 0) is 0 Å². The zero-order valence-corrected chi connectivity index (χ0v) is 13.0. The first-order chi connectivity index (χ1) is 8.97. The summed E-state index contributed by atoms with van der Waals surface area (Å²) < 4.78 is 14.2. The highest BCUT2D eigenvalue weighted by molar-refractivity contribution is 9.10. The van der Waals surface area contributed by atoms with Crippen LogP contribution in [0.1, 0.15) is 15.9 Å². The highest BCUT2D eigenvalue weighted by Crippen LogP contribution is 2.19. The Bertz CT molecular complexity index is 647. The van der Waals surface area contributed by atoms with E-state index in [-0.39, 0.29) is 10.4 Å². The van der Waals surface area contributed by atoms with Gasteiger partial charge in [-0.05, 0) is 68.6 Å². The minimum absolute atomic E-state index is 0.250. The number of hydrogen-bond donors (Lipinski definition) is 1. The Hall–Kier alpha value is -1.27. The first-order valence-corrected chi connectivity index (χ1v) is 6.94. The zero-order valence-electron chi connectivity index (χ0n) is 9.88. The van der Waals surface area contributed by atoms with E-state index in [1.165, 1.54) is 18.2 Å². The van der Waals surface area contributed by atoms with Gasteiger partial charge in [0.1, 0.15) is 11.6 Å². The Morgan fingerprint density at radius 3 is 2.63 bits per heavy atom. The predicted octanol–water partition coefficient (Wildman–Crippen LogP) is 4.31. The number of amides is 1. The van der Waals surface area contributed by atoms with E-state index in [2.05, 4.69) is 42.2 Å². The first-order valence-electron chi connectivity index (χ1n) is 5.36. The molecule has 0 fully saturated rings. The minimum atomic E-state index is -0.408. The molecule has 1 heterocycles. The second kappa shape index (κ2) is 5.79. The summed E-state index contributed by atoms with van der Waals surface area (Å²) in [5.41, 5.74) is 1.32. The number of nitrogens with zero attached hydrogens (tertiary/aromatic N) is 1. The molecule has 0 saturated heterocycles. The lowest BCUT2D eigenvalue weighted by atomic mass is 10.2. The summed E-state index contributed by atoms with van der Waals surface area (Å²) in [5, 5.41) is 2.66. The van der Waals surface area contributed by atoms with Gasteiger partial charge >= 0.3 is 0 Å². The quantitative estimate of drug-likeness (QED) is 0.834. The number of hydrogen-bond acceptors (Lipinski definition) is 2. The summed E-state index contributed by atoms with van der Waals surface area (Å²) in [6, 6.07) is 5.83. The van der Waals surface area contributed by atoms with E-state index >= 15 is 0 Å². The van der Waals surface area contributed by atoms with Gasteiger partial charge in [0.05, 0.1) is 4.47 Å². The highest BCUT2D eigenvalue weighted by Gasteiger charge is 2.10. The highest BCUT2D eigenvalue weighted by atomic mass is 79.9. The van der Waals surface area contributed by atoms with Crippen molar-refractivity contribution in [1.82, 2.24) is 4.98 Å². The van der Waals surface area contributed by atoms with Crippen molar-refractivity contribution in [2.45, 2.75) is 6.92 Å². The van der Waals surface area contributed by atoms with Crippen molar-refractivity contribution < 1.29 is 9.18 Å². The summed E-state index contributed by atoms with van der Waals surface area (Å²) in [6.07, 6.45) is 1.62. The number of rotatable bonds is 2. The Kier molecular flexibility index (Phi) is 4.31. The summed E-state index contributed by atoms with van der Waals surface area (Å²) >= 11 is 6.38. The SMILES string of the molecule is Cc1cc(NC(=O)c2ccc(F)c(Br)c2)ncc1Br. The number of halogens is 3. The van der Waals surface area contributed by atoms with Gasteiger partial charge in [-0.15, -0.1) is 0 Å². The molecule has 2 aromatic rings. The van der Waals surface area contributed by atoms with E-state index in [4.69, 9.17) is 0 Å². The standard InChI is InChI=1S/C13H9Br2FN2O/c1-7-4-12(17-6-10(7)15)18-13(19)8-2-3-11(16)9(14)5-8/h2-6H,1H3,(H,17,18,19). The molecule has 0 aliphatic rings. The summed E-state index contributed by atoms with van der Waals surface area (Å²) in [7, 11) is 0. The van der Waals surface area contributed by atoms with E-state index in [1.807, 2.05) is 6.92 Å². The van der Waals surface area contributed by atoms with Gasteiger partial charge in [-0.3, -0.25) is 4.79 Å². The monoisotopic (exact) mass is 386 g/mol. The molecule has 1 aromatic carbocycles. The molecule has 2 rings (SSSR count). The van der Waals surface area contributed by atoms with Crippen molar-refractivity contribution >= 4 is 43.6 Å². The molecule has 0 aliphatic carbocycles. The van der Waals surface area contributed by atoms with Gasteiger partial charge in [0.2, 0.25) is 0 Å². The van der Waals surface area contributed by atoms with Crippen LogP contribution in [0.2, 0.25) is 0 Å². The van der Waals surface area contributed by atoms with Crippen LogP contribution in [0.25, 0.3) is 0 Å². The van der Waals surface area contributed by atoms with E-state index in [0.717, 1.165) is 10.0 Å². The van der Waals surface area contributed by atoms with Gasteiger partial charge in [-0.2, -0.15) is 0 Å². The number of benzene rings is 1. The average Bonchev–Trinajstić information content (AvgIpc) is 2.37. The van der Waals surface area contributed by atoms with Crippen LogP contribution in [0.15, 0.2) is 39.4 Å². The maximum absolute atomic E-state index is 13.1. The fraction of sp³-hybridized carbons (Fsp3) is 0.0769. The van der Waals surface area contributed by atoms with Crippen LogP contribution >= 0.6 is 31.9 Å². The fourth-order valence-corrected chi connectivity index (χ4v) is 2.03. The van der Waals surface area contributed by atoms with Crippen molar-refractivity contribution in [2.75, 3.05) is 5.32 Å². The van der Waals surface area contributed by atoms with Crippen LogP contribution in [0.3, 0.4) is 0 Å². The lowest BCUT2D eigenvalue weighted by Crippen LogP contribution is -2.13. The number of nitrogens with one attached hydrogen (secondary N) is 1. The van der Waals surface area contributed by atoms with Gasteiger partial charge in [0, 0.05) is 16.2 Å². The van der Waals surface area contributed by atoms with Crippen LogP contribution in [0, 0.1) is 12.7 Å². The molecule has 0 atom stereocenters. The molecule has 98 valence electrons. The average molecular weight is 388 g/mol. The molecule has 0 bridgehead atoms. The third-order valence-electron chi connectivity index (χ3n) is 2.47. The molecule has 0 aliphatic heterocycles. The third kappa shape index (κ3) is 3.39. The molecule has 3 nitrogen and oxygen atoms in total. The van der Waals surface area contributed by atoms with Crippen LogP contribution in [-0.4, -0.2) is 10.9 Å². The summed E-state index contributed by atoms with van der Waals surface area (Å²) in [5.74, 6) is -0.296. The molecule has 0 radical (unpaired) electrons. The topological polar surface area (TPSA) is 42.0 Å². The Morgan fingerprint density at radius 1 is 1.26 bits per heavy atom. The number of aromatic nitrogens is 1. The van der Waals surface area contributed by atoms with Crippen molar-refractivity contribution in [2.24, 2.45) is 0 Å². The number of anilines is 1. The van der Waals surface area contributed by atoms with E-state index in [0.29, 0.717) is 11.4 Å². The fourth-order valence-electron chi connectivity index (χ4n) is 1.43. The first kappa shape index (κ1) is 14.1. The number of pyridine rings is 1. The van der Waals surface area contributed by atoms with Crippen molar-refractivity contribution in [3.8, 4) is 0 Å². The summed E-state index contributed by atoms with van der Waals surface area (Å²) in [6.45, 7) is 1.90. The smallest absolute Gasteiger partial charge is 0.256 e. The van der Waals surface area contributed by atoms with E-state index in [9.17, 15) is 9.18 Å². The van der Waals surface area contributed by atoms with Crippen LogP contribution < -0.4 is 5.32 Å². The van der Waals surface area contributed by atoms with E-state index in [1.54, 1.807) is 12.3 Å². The second-order valence-corrected chi connectivity index (χ2v) is 5.61. The molecule has 1 N–H and O–H groups in total. The van der Waals surface area contributed by atoms with E-state index < -0.39 is 5.82 Å². The van der Waals surface area contributed by atoms with Gasteiger partial charge in [-0.25, -0.2) is 9.37 Å². The van der Waals surface area contributed by atoms with Crippen molar-refractivity contribution in [3.05, 3.63) is 56.4 Å². The molecule has 1 amide bonds. The molecule has 0 saturated carbocycles. The number of aryl methyl sites for hydroxylation is 1. The largest absolute Gasteiger partial charge is 0.307 e. The molecular formula is C13H9Br2FN2O. The summed E-state index contributed by atoms with van der Waals surface area (Å²) in [4.78, 5) is 16.0. The van der Waals surface area contributed by atoms with Gasteiger partial charge in [-0.1, -0.05) is 0 Å². The maximum atomic E-state index is 13.1. The molecule has 19 heavy (non-hydrogen) atoms. The molecule has 0 spiro atoms. The third-order valence-corrected chi connectivity index (χ3v) is 3.91. The lowest BCUT2D eigenvalue weighted by molar-refractivity contribution is 0.102. The normalized spacial score (nSPS) is 10.3. The molecule has 1 aromatic heterocycles. The number of carbonyl (C=O) groups is 1. The van der Waals surface area contributed by atoms with Crippen molar-refractivity contribution in [3.63, 3.8) is 0 Å². The Morgan fingerprint density at radius 2 is 2.00 bits per heavy atom. The minimum Gasteiger partial charge on any atom is -0.307 e.